The molecule has 0 bridgehead atoms. The summed E-state index contributed by atoms with van der Waals surface area (Å²) in [5.74, 6) is -0.544. The van der Waals surface area contributed by atoms with Gasteiger partial charge in [0, 0.05) is 5.33 Å². The lowest BCUT2D eigenvalue weighted by molar-refractivity contribution is -0.143. The maximum Gasteiger partial charge on any atom is 0.306 e. The molecule has 12 heavy (non-hydrogen) atoms. The summed E-state index contributed by atoms with van der Waals surface area (Å²) in [7, 11) is 0. The Hall–Kier alpha value is -0.0500. The fraction of sp³-hybridized carbons (Fsp3) is 0.889. The highest BCUT2D eigenvalue weighted by atomic mass is 79.9. The minimum Gasteiger partial charge on any atom is -0.481 e. The summed E-state index contributed by atoms with van der Waals surface area (Å²) in [6, 6.07) is 0. The maximum absolute atomic E-state index is 10.8. The summed E-state index contributed by atoms with van der Waals surface area (Å²) in [5.41, 5.74) is 0. The quantitative estimate of drug-likeness (QED) is 0.721. The lowest BCUT2D eigenvalue weighted by Gasteiger charge is -2.19. The largest absolute Gasteiger partial charge is 0.481 e. The Morgan fingerprint density at radius 1 is 1.50 bits per heavy atom. The summed E-state index contributed by atoms with van der Waals surface area (Å²) >= 11 is 3.36. The molecule has 0 fully saturated rings. The summed E-state index contributed by atoms with van der Waals surface area (Å²) in [6.45, 7) is 4.02. The van der Waals surface area contributed by atoms with Crippen LogP contribution in [-0.2, 0) is 4.79 Å². The number of carboxylic acid groups (broad SMARTS) is 1. The monoisotopic (exact) mass is 236 g/mol. The number of alkyl halides is 1. The molecule has 0 rings (SSSR count). The molecule has 0 aromatic heterocycles. The highest BCUT2D eigenvalue weighted by molar-refractivity contribution is 9.09. The average Bonchev–Trinajstić information content (AvgIpc) is 2.03. The van der Waals surface area contributed by atoms with E-state index in [0.29, 0.717) is 0 Å². The van der Waals surface area contributed by atoms with Gasteiger partial charge in [0.2, 0.25) is 0 Å². The molecule has 0 aromatic carbocycles. The van der Waals surface area contributed by atoms with Crippen molar-refractivity contribution in [1.29, 1.82) is 0 Å². The van der Waals surface area contributed by atoms with Gasteiger partial charge in [-0.2, -0.15) is 0 Å². The van der Waals surface area contributed by atoms with Crippen molar-refractivity contribution in [1.82, 2.24) is 0 Å². The molecule has 0 aromatic rings. The van der Waals surface area contributed by atoms with Gasteiger partial charge in [-0.1, -0.05) is 36.2 Å². The van der Waals surface area contributed by atoms with Crippen LogP contribution in [0.1, 0.15) is 33.1 Å². The van der Waals surface area contributed by atoms with Crippen molar-refractivity contribution >= 4 is 21.9 Å². The number of carbonyl (C=O) groups is 1. The Labute approximate surface area is 82.5 Å². The van der Waals surface area contributed by atoms with E-state index in [0.717, 1.165) is 24.6 Å². The van der Waals surface area contributed by atoms with Crippen LogP contribution < -0.4 is 0 Å². The molecule has 1 N–H and O–H groups in total. The van der Waals surface area contributed by atoms with Gasteiger partial charge in [0.1, 0.15) is 0 Å². The maximum atomic E-state index is 10.8. The van der Waals surface area contributed by atoms with Crippen LogP contribution in [0, 0.1) is 11.8 Å². The molecule has 0 spiro atoms. The van der Waals surface area contributed by atoms with E-state index in [9.17, 15) is 4.79 Å². The summed E-state index contributed by atoms with van der Waals surface area (Å²) in [6.07, 6.45) is 2.78. The van der Waals surface area contributed by atoms with Gasteiger partial charge in [-0.3, -0.25) is 4.79 Å². The first-order chi connectivity index (χ1) is 5.67. The van der Waals surface area contributed by atoms with Crippen molar-refractivity contribution in [2.75, 3.05) is 5.33 Å². The second kappa shape index (κ2) is 6.46. The third-order valence-corrected chi connectivity index (χ3v) is 3.02. The Morgan fingerprint density at radius 2 is 2.08 bits per heavy atom. The molecule has 1 unspecified atom stereocenters. The van der Waals surface area contributed by atoms with E-state index in [1.807, 2.05) is 6.92 Å². The van der Waals surface area contributed by atoms with E-state index in [-0.39, 0.29) is 11.8 Å². The number of halogens is 1. The first-order valence-electron chi connectivity index (χ1n) is 4.46. The van der Waals surface area contributed by atoms with Crippen LogP contribution >= 0.6 is 15.9 Å². The Morgan fingerprint density at radius 3 is 2.33 bits per heavy atom. The lowest BCUT2D eigenvalue weighted by Crippen LogP contribution is -2.24. The van der Waals surface area contributed by atoms with Crippen molar-refractivity contribution in [3.8, 4) is 0 Å². The minimum atomic E-state index is -0.657. The number of aliphatic carboxylic acids is 1. The van der Waals surface area contributed by atoms with Crippen LogP contribution in [0.25, 0.3) is 0 Å². The minimum absolute atomic E-state index is 0.177. The number of hydrogen-bond donors (Lipinski definition) is 1. The van der Waals surface area contributed by atoms with Crippen LogP contribution in [0.2, 0.25) is 0 Å². The van der Waals surface area contributed by atoms with E-state index >= 15 is 0 Å². The highest BCUT2D eigenvalue weighted by Crippen LogP contribution is 2.23. The third-order valence-electron chi connectivity index (χ3n) is 2.18. The van der Waals surface area contributed by atoms with E-state index in [1.165, 1.54) is 0 Å². The molecule has 0 saturated carbocycles. The van der Waals surface area contributed by atoms with Gasteiger partial charge in [0.25, 0.3) is 0 Å². The van der Waals surface area contributed by atoms with Crippen LogP contribution in [0.15, 0.2) is 0 Å². The van der Waals surface area contributed by atoms with Gasteiger partial charge in [0.15, 0.2) is 0 Å². The Balaban J connectivity index is 4.12. The van der Waals surface area contributed by atoms with Crippen LogP contribution in [0.3, 0.4) is 0 Å². The van der Waals surface area contributed by atoms with E-state index in [4.69, 9.17) is 5.11 Å². The van der Waals surface area contributed by atoms with Crippen molar-refractivity contribution in [2.24, 2.45) is 11.8 Å². The van der Waals surface area contributed by atoms with E-state index < -0.39 is 5.97 Å². The predicted molar refractivity (Wildman–Crippen MR) is 53.6 cm³/mol. The molecule has 0 amide bonds. The highest BCUT2D eigenvalue weighted by Gasteiger charge is 2.24. The number of carboxylic acids is 1. The van der Waals surface area contributed by atoms with Gasteiger partial charge in [-0.05, 0) is 18.8 Å². The van der Waals surface area contributed by atoms with Crippen molar-refractivity contribution < 1.29 is 9.90 Å². The Kier molecular flexibility index (Phi) is 6.44. The van der Waals surface area contributed by atoms with Crippen molar-refractivity contribution in [2.45, 2.75) is 33.1 Å². The summed E-state index contributed by atoms with van der Waals surface area (Å²) in [4.78, 5) is 10.8. The van der Waals surface area contributed by atoms with Crippen LogP contribution in [0.5, 0.6) is 0 Å². The van der Waals surface area contributed by atoms with Crippen molar-refractivity contribution in [3.63, 3.8) is 0 Å². The normalized spacial score (nSPS) is 15.6. The second-order valence-electron chi connectivity index (χ2n) is 3.06. The fourth-order valence-corrected chi connectivity index (χ4v) is 2.24. The van der Waals surface area contributed by atoms with E-state index in [2.05, 4.69) is 22.9 Å². The third kappa shape index (κ3) is 3.57. The molecule has 0 aliphatic carbocycles. The molecule has 0 heterocycles. The second-order valence-corrected chi connectivity index (χ2v) is 3.70. The molecule has 0 aliphatic heterocycles. The van der Waals surface area contributed by atoms with Gasteiger partial charge in [-0.25, -0.2) is 0 Å². The lowest BCUT2D eigenvalue weighted by atomic mass is 9.88. The van der Waals surface area contributed by atoms with Crippen LogP contribution in [0.4, 0.5) is 0 Å². The molecule has 0 aliphatic rings. The zero-order chi connectivity index (χ0) is 9.56. The van der Waals surface area contributed by atoms with Gasteiger partial charge >= 0.3 is 5.97 Å². The van der Waals surface area contributed by atoms with Crippen molar-refractivity contribution in [3.05, 3.63) is 0 Å². The number of hydrogen-bond acceptors (Lipinski definition) is 1. The standard InChI is InChI=1S/C9H17BrO2/c1-3-5-7(6-10)8(4-2)9(11)12/h7-8H,3-6H2,1-2H3,(H,11,12)/t7?,8-/m1/s1. The molecule has 3 heteroatoms. The zero-order valence-corrected chi connectivity index (χ0v) is 9.30. The number of rotatable bonds is 6. The van der Waals surface area contributed by atoms with E-state index in [1.54, 1.807) is 0 Å². The zero-order valence-electron chi connectivity index (χ0n) is 7.72. The molecular formula is C9H17BrO2. The molecule has 2 atom stereocenters. The predicted octanol–water partition coefficient (Wildman–Crippen LogP) is 2.91. The molecule has 72 valence electrons. The Bertz CT molecular complexity index is 136. The average molecular weight is 237 g/mol. The summed E-state index contributed by atoms with van der Waals surface area (Å²) in [5, 5.41) is 9.68. The molecule has 0 radical (unpaired) electrons. The van der Waals surface area contributed by atoms with Gasteiger partial charge < -0.3 is 5.11 Å². The first-order valence-corrected chi connectivity index (χ1v) is 5.58. The van der Waals surface area contributed by atoms with Gasteiger partial charge in [0.05, 0.1) is 5.92 Å². The molecule has 0 saturated heterocycles. The summed E-state index contributed by atoms with van der Waals surface area (Å²) < 4.78 is 0. The smallest absolute Gasteiger partial charge is 0.306 e. The van der Waals surface area contributed by atoms with Gasteiger partial charge in [-0.15, -0.1) is 0 Å². The fourth-order valence-electron chi connectivity index (χ4n) is 1.47. The molecular weight excluding hydrogens is 220 g/mol. The van der Waals surface area contributed by atoms with Crippen LogP contribution in [-0.4, -0.2) is 16.4 Å². The molecule has 2 nitrogen and oxygen atoms in total. The topological polar surface area (TPSA) is 37.3 Å². The SMILES string of the molecule is CCCC(CBr)[C@@H](CC)C(=O)O. The first kappa shape index (κ1) is 11.9.